The Morgan fingerprint density at radius 2 is 2.27 bits per heavy atom. The highest BCUT2D eigenvalue weighted by atomic mass is 32.1. The lowest BCUT2D eigenvalue weighted by Crippen LogP contribution is -2.15. The monoisotopic (exact) mass is 220 g/mol. The average molecular weight is 220 g/mol. The van der Waals surface area contributed by atoms with Crippen LogP contribution in [0.4, 0.5) is 0 Å². The van der Waals surface area contributed by atoms with Crippen molar-refractivity contribution in [2.45, 2.75) is 19.8 Å². The van der Waals surface area contributed by atoms with E-state index in [1.807, 2.05) is 25.3 Å². The van der Waals surface area contributed by atoms with Gasteiger partial charge in [-0.2, -0.15) is 0 Å². The van der Waals surface area contributed by atoms with Crippen molar-refractivity contribution in [1.29, 1.82) is 0 Å². The van der Waals surface area contributed by atoms with Gasteiger partial charge in [0.1, 0.15) is 0 Å². The zero-order valence-electron chi connectivity index (χ0n) is 8.65. The highest BCUT2D eigenvalue weighted by Gasteiger charge is 2.17. The normalized spacial score (nSPS) is 11.1. The van der Waals surface area contributed by atoms with Gasteiger partial charge in [-0.05, 0) is 17.4 Å². The first-order chi connectivity index (χ1) is 7.11. The van der Waals surface area contributed by atoms with Crippen molar-refractivity contribution >= 4 is 27.3 Å². The molecule has 0 spiro atoms. The summed E-state index contributed by atoms with van der Waals surface area (Å²) in [6.45, 7) is 4.02. The van der Waals surface area contributed by atoms with Crippen LogP contribution < -0.4 is 5.73 Å². The molecule has 78 valence electrons. The smallest absolute Gasteiger partial charge is 0.252 e. The van der Waals surface area contributed by atoms with Crippen LogP contribution >= 0.6 is 11.3 Å². The van der Waals surface area contributed by atoms with Crippen LogP contribution in [-0.4, -0.2) is 10.9 Å². The molecule has 2 aromatic rings. The van der Waals surface area contributed by atoms with Crippen molar-refractivity contribution in [2.75, 3.05) is 0 Å². The number of aromatic nitrogens is 1. The van der Waals surface area contributed by atoms with E-state index in [0.717, 1.165) is 15.8 Å². The fourth-order valence-electron chi connectivity index (χ4n) is 1.62. The summed E-state index contributed by atoms with van der Waals surface area (Å²) >= 11 is 1.53. The fraction of sp³-hybridized carbons (Fsp3) is 0.273. The van der Waals surface area contributed by atoms with Crippen molar-refractivity contribution in [2.24, 2.45) is 5.73 Å². The molecule has 0 unspecified atom stereocenters. The SMILES string of the molecule is CC(C)c1ncc2ccsc2c1C(N)=O. The van der Waals surface area contributed by atoms with E-state index < -0.39 is 0 Å². The van der Waals surface area contributed by atoms with Gasteiger partial charge in [0.25, 0.3) is 5.91 Å². The van der Waals surface area contributed by atoms with Crippen molar-refractivity contribution in [3.05, 3.63) is 28.9 Å². The lowest BCUT2D eigenvalue weighted by molar-refractivity contribution is 0.100. The van der Waals surface area contributed by atoms with E-state index in [1.165, 1.54) is 11.3 Å². The zero-order chi connectivity index (χ0) is 11.0. The van der Waals surface area contributed by atoms with Crippen LogP contribution in [0.3, 0.4) is 0 Å². The number of thiophene rings is 1. The van der Waals surface area contributed by atoms with Gasteiger partial charge >= 0.3 is 0 Å². The zero-order valence-corrected chi connectivity index (χ0v) is 9.47. The van der Waals surface area contributed by atoms with Crippen LogP contribution in [0.5, 0.6) is 0 Å². The Labute approximate surface area is 91.9 Å². The molecule has 0 aliphatic carbocycles. The number of nitrogens with two attached hydrogens (primary N) is 1. The molecular formula is C11H12N2OS. The van der Waals surface area contributed by atoms with Gasteiger partial charge in [-0.15, -0.1) is 11.3 Å². The minimum atomic E-state index is -0.390. The van der Waals surface area contributed by atoms with E-state index in [4.69, 9.17) is 5.73 Å². The maximum Gasteiger partial charge on any atom is 0.252 e. The summed E-state index contributed by atoms with van der Waals surface area (Å²) in [4.78, 5) is 15.7. The number of carbonyl (C=O) groups excluding carboxylic acids is 1. The minimum Gasteiger partial charge on any atom is -0.365 e. The maximum absolute atomic E-state index is 11.4. The van der Waals surface area contributed by atoms with Gasteiger partial charge in [0, 0.05) is 11.6 Å². The van der Waals surface area contributed by atoms with Crippen LogP contribution in [0.1, 0.15) is 35.8 Å². The molecule has 1 amide bonds. The summed E-state index contributed by atoms with van der Waals surface area (Å²) in [5.74, 6) is -0.182. The summed E-state index contributed by atoms with van der Waals surface area (Å²) in [7, 11) is 0. The second-order valence-electron chi connectivity index (χ2n) is 3.74. The van der Waals surface area contributed by atoms with E-state index in [1.54, 1.807) is 6.20 Å². The summed E-state index contributed by atoms with van der Waals surface area (Å²) in [5.41, 5.74) is 6.78. The first-order valence-electron chi connectivity index (χ1n) is 4.77. The molecule has 0 saturated heterocycles. The molecule has 2 rings (SSSR count). The standard InChI is InChI=1S/C11H12N2OS/c1-6(2)9-8(11(12)14)10-7(5-13-9)3-4-15-10/h3-6H,1-2H3,(H2,12,14). The molecule has 0 aromatic carbocycles. The van der Waals surface area contributed by atoms with Crippen LogP contribution in [0, 0.1) is 0 Å². The lowest BCUT2D eigenvalue weighted by Gasteiger charge is -2.09. The number of carbonyl (C=O) groups is 1. The number of amides is 1. The van der Waals surface area contributed by atoms with Gasteiger partial charge in [0.15, 0.2) is 0 Å². The molecule has 4 heteroatoms. The topological polar surface area (TPSA) is 56.0 Å². The van der Waals surface area contributed by atoms with Crippen molar-refractivity contribution in [1.82, 2.24) is 4.98 Å². The van der Waals surface area contributed by atoms with Crippen LogP contribution in [-0.2, 0) is 0 Å². The molecule has 0 saturated carbocycles. The number of nitrogens with zero attached hydrogens (tertiary/aromatic N) is 1. The van der Waals surface area contributed by atoms with E-state index in [9.17, 15) is 4.79 Å². The molecule has 2 N–H and O–H groups in total. The largest absolute Gasteiger partial charge is 0.365 e. The van der Waals surface area contributed by atoms with Gasteiger partial charge in [-0.1, -0.05) is 13.8 Å². The Morgan fingerprint density at radius 3 is 2.87 bits per heavy atom. The molecule has 15 heavy (non-hydrogen) atoms. The van der Waals surface area contributed by atoms with Crippen LogP contribution in [0.2, 0.25) is 0 Å². The van der Waals surface area contributed by atoms with Crippen molar-refractivity contribution in [3.63, 3.8) is 0 Å². The van der Waals surface area contributed by atoms with E-state index >= 15 is 0 Å². The van der Waals surface area contributed by atoms with Gasteiger partial charge in [0.05, 0.1) is 16.0 Å². The first kappa shape index (κ1) is 10.1. The number of pyridine rings is 1. The number of fused-ring (bicyclic) bond motifs is 1. The summed E-state index contributed by atoms with van der Waals surface area (Å²) < 4.78 is 0.946. The molecule has 0 fully saturated rings. The van der Waals surface area contributed by atoms with E-state index in [-0.39, 0.29) is 11.8 Å². The molecule has 2 aromatic heterocycles. The van der Waals surface area contributed by atoms with Crippen molar-refractivity contribution in [3.8, 4) is 0 Å². The highest BCUT2D eigenvalue weighted by molar-refractivity contribution is 7.17. The third kappa shape index (κ3) is 1.61. The minimum absolute atomic E-state index is 0.207. The molecular weight excluding hydrogens is 208 g/mol. The molecule has 0 aliphatic rings. The molecule has 3 nitrogen and oxygen atoms in total. The van der Waals surface area contributed by atoms with E-state index in [0.29, 0.717) is 5.56 Å². The third-order valence-electron chi connectivity index (χ3n) is 2.31. The number of hydrogen-bond acceptors (Lipinski definition) is 3. The van der Waals surface area contributed by atoms with Gasteiger partial charge in [-0.25, -0.2) is 0 Å². The maximum atomic E-state index is 11.4. The quantitative estimate of drug-likeness (QED) is 0.845. The van der Waals surface area contributed by atoms with E-state index in [2.05, 4.69) is 4.98 Å². The molecule has 2 heterocycles. The predicted octanol–water partition coefficient (Wildman–Crippen LogP) is 2.52. The molecule has 0 bridgehead atoms. The molecule has 0 aliphatic heterocycles. The second-order valence-corrected chi connectivity index (χ2v) is 4.66. The Hall–Kier alpha value is -1.42. The van der Waals surface area contributed by atoms with Gasteiger partial charge in [0.2, 0.25) is 0 Å². The third-order valence-corrected chi connectivity index (χ3v) is 3.26. The average Bonchev–Trinajstić information content (AvgIpc) is 2.62. The van der Waals surface area contributed by atoms with Crippen LogP contribution in [0.15, 0.2) is 17.6 Å². The Kier molecular flexibility index (Phi) is 2.44. The number of primary amides is 1. The second kappa shape index (κ2) is 3.62. The molecule has 0 radical (unpaired) electrons. The molecule has 0 atom stereocenters. The van der Waals surface area contributed by atoms with Crippen molar-refractivity contribution < 1.29 is 4.79 Å². The summed E-state index contributed by atoms with van der Waals surface area (Å²) in [6, 6.07) is 1.95. The fourth-order valence-corrected chi connectivity index (χ4v) is 2.55. The number of hydrogen-bond donors (Lipinski definition) is 1. The van der Waals surface area contributed by atoms with Gasteiger partial charge < -0.3 is 5.73 Å². The van der Waals surface area contributed by atoms with Gasteiger partial charge in [-0.3, -0.25) is 9.78 Å². The predicted molar refractivity (Wildman–Crippen MR) is 62.2 cm³/mol. The Morgan fingerprint density at radius 1 is 1.53 bits per heavy atom. The Bertz CT molecular complexity index is 516. The summed E-state index contributed by atoms with van der Waals surface area (Å²) in [6.07, 6.45) is 1.80. The summed E-state index contributed by atoms with van der Waals surface area (Å²) in [5, 5.41) is 2.93. The number of rotatable bonds is 2. The Balaban J connectivity index is 2.81. The van der Waals surface area contributed by atoms with Crippen LogP contribution in [0.25, 0.3) is 10.1 Å². The highest BCUT2D eigenvalue weighted by Crippen LogP contribution is 2.28. The first-order valence-corrected chi connectivity index (χ1v) is 5.65. The lowest BCUT2D eigenvalue weighted by atomic mass is 10.0.